The molecule has 0 amide bonds. The number of rotatable bonds is 6. The van der Waals surface area contributed by atoms with Crippen molar-refractivity contribution in [3.05, 3.63) is 5.89 Å². The van der Waals surface area contributed by atoms with Gasteiger partial charge in [0.2, 0.25) is 5.89 Å². The van der Waals surface area contributed by atoms with Gasteiger partial charge in [0.15, 0.2) is 0 Å². The highest BCUT2D eigenvalue weighted by Gasteiger charge is 2.33. The minimum absolute atomic E-state index is 0.0917. The molecule has 1 fully saturated rings. The van der Waals surface area contributed by atoms with Crippen LogP contribution in [0.2, 0.25) is 0 Å². The van der Waals surface area contributed by atoms with Gasteiger partial charge in [-0.25, -0.2) is 0 Å². The molecule has 1 aromatic heterocycles. The number of nitrogens with one attached hydrogen (secondary N) is 2. The molecule has 1 aromatic rings. The Bertz CT molecular complexity index is 376. The van der Waals surface area contributed by atoms with E-state index < -0.39 is 0 Å². The predicted octanol–water partition coefficient (Wildman–Crippen LogP) is 2.44. The minimum atomic E-state index is 0.0917. The summed E-state index contributed by atoms with van der Waals surface area (Å²) in [6.45, 7) is 2.90. The van der Waals surface area contributed by atoms with Crippen molar-refractivity contribution in [1.29, 1.82) is 0 Å². The molecule has 102 valence electrons. The molecule has 0 aromatic carbocycles. The third kappa shape index (κ3) is 2.98. The van der Waals surface area contributed by atoms with E-state index in [4.69, 9.17) is 4.42 Å². The Hall–Kier alpha value is -0.750. The van der Waals surface area contributed by atoms with E-state index in [1.807, 2.05) is 25.7 Å². The molecular formula is C12H22N4OS. The maximum absolute atomic E-state index is 5.58. The van der Waals surface area contributed by atoms with Gasteiger partial charge >= 0.3 is 6.01 Å². The second-order valence-electron chi connectivity index (χ2n) is 4.90. The van der Waals surface area contributed by atoms with E-state index in [9.17, 15) is 0 Å². The van der Waals surface area contributed by atoms with E-state index >= 15 is 0 Å². The molecule has 0 spiro atoms. The van der Waals surface area contributed by atoms with Gasteiger partial charge in [-0.1, -0.05) is 17.9 Å². The average Bonchev–Trinajstić information content (AvgIpc) is 3.05. The molecule has 6 heteroatoms. The Labute approximate surface area is 112 Å². The molecule has 1 aliphatic carbocycles. The Kier molecular flexibility index (Phi) is 4.50. The highest BCUT2D eigenvalue weighted by Crippen LogP contribution is 2.40. The third-order valence-corrected chi connectivity index (χ3v) is 5.17. The molecule has 1 heterocycles. The van der Waals surface area contributed by atoms with Gasteiger partial charge in [0.1, 0.15) is 0 Å². The van der Waals surface area contributed by atoms with Gasteiger partial charge < -0.3 is 15.1 Å². The zero-order chi connectivity index (χ0) is 13.0. The van der Waals surface area contributed by atoms with Crippen LogP contribution < -0.4 is 10.6 Å². The van der Waals surface area contributed by atoms with Gasteiger partial charge in [-0.05, 0) is 33.1 Å². The number of hydrogen-bond acceptors (Lipinski definition) is 6. The molecule has 1 aliphatic rings. The molecule has 0 bridgehead atoms. The topological polar surface area (TPSA) is 63.0 Å². The third-order valence-electron chi connectivity index (χ3n) is 3.75. The van der Waals surface area contributed by atoms with Crippen LogP contribution in [-0.2, 0) is 0 Å². The second kappa shape index (κ2) is 5.93. The summed E-state index contributed by atoms with van der Waals surface area (Å²) in [5.74, 6) is 0.629. The second-order valence-corrected chi connectivity index (χ2v) is 6.18. The Morgan fingerprint density at radius 1 is 1.39 bits per heavy atom. The summed E-state index contributed by atoms with van der Waals surface area (Å²) in [6, 6.07) is 0.626. The predicted molar refractivity (Wildman–Crippen MR) is 75.0 cm³/mol. The monoisotopic (exact) mass is 270 g/mol. The number of thioether (sulfide) groups is 1. The Morgan fingerprint density at radius 2 is 2.11 bits per heavy atom. The average molecular weight is 270 g/mol. The van der Waals surface area contributed by atoms with Crippen molar-refractivity contribution in [3.63, 3.8) is 0 Å². The number of hydrogen-bond donors (Lipinski definition) is 2. The summed E-state index contributed by atoms with van der Waals surface area (Å²) in [5.41, 5.74) is 0. The first-order chi connectivity index (χ1) is 8.69. The van der Waals surface area contributed by atoms with E-state index in [2.05, 4.69) is 27.1 Å². The molecule has 5 nitrogen and oxygen atoms in total. The van der Waals surface area contributed by atoms with Crippen LogP contribution in [0.15, 0.2) is 4.42 Å². The zero-order valence-corrected chi connectivity index (χ0v) is 12.1. The van der Waals surface area contributed by atoms with Crippen LogP contribution in [-0.4, -0.2) is 34.8 Å². The lowest BCUT2D eigenvalue weighted by molar-refractivity contribution is 0.439. The maximum Gasteiger partial charge on any atom is 0.315 e. The molecule has 0 radical (unpaired) electrons. The van der Waals surface area contributed by atoms with Gasteiger partial charge in [0, 0.05) is 11.3 Å². The standard InChI is InChI=1S/C12H22N4OS/c1-9(13-2)10-15-16-11(17-10)14-8-12(18-3)6-4-5-7-12/h9,13H,4-8H2,1-3H3,(H,14,16). The van der Waals surface area contributed by atoms with E-state index in [0.717, 1.165) is 6.54 Å². The summed E-state index contributed by atoms with van der Waals surface area (Å²) in [7, 11) is 1.88. The fourth-order valence-electron chi connectivity index (χ4n) is 2.31. The Morgan fingerprint density at radius 3 is 2.72 bits per heavy atom. The van der Waals surface area contributed by atoms with Crippen molar-refractivity contribution in [2.75, 3.05) is 25.2 Å². The van der Waals surface area contributed by atoms with Crippen molar-refractivity contribution in [3.8, 4) is 0 Å². The summed E-state index contributed by atoms with van der Waals surface area (Å²) in [4.78, 5) is 0. The fraction of sp³-hybridized carbons (Fsp3) is 0.833. The lowest BCUT2D eigenvalue weighted by Gasteiger charge is -2.26. The molecule has 0 aliphatic heterocycles. The van der Waals surface area contributed by atoms with Crippen LogP contribution in [0.5, 0.6) is 0 Å². The quantitative estimate of drug-likeness (QED) is 0.828. The van der Waals surface area contributed by atoms with Crippen molar-refractivity contribution in [2.24, 2.45) is 0 Å². The van der Waals surface area contributed by atoms with Crippen molar-refractivity contribution >= 4 is 17.8 Å². The lowest BCUT2D eigenvalue weighted by atomic mass is 10.1. The first-order valence-electron chi connectivity index (χ1n) is 6.49. The number of anilines is 1. The van der Waals surface area contributed by atoms with Crippen molar-refractivity contribution < 1.29 is 4.42 Å². The minimum Gasteiger partial charge on any atom is -0.406 e. The van der Waals surface area contributed by atoms with Gasteiger partial charge in [0.25, 0.3) is 0 Å². The van der Waals surface area contributed by atoms with Crippen LogP contribution in [0.3, 0.4) is 0 Å². The largest absolute Gasteiger partial charge is 0.406 e. The molecule has 1 atom stereocenters. The van der Waals surface area contributed by atoms with Crippen molar-refractivity contribution in [2.45, 2.75) is 43.4 Å². The molecular weight excluding hydrogens is 248 g/mol. The smallest absolute Gasteiger partial charge is 0.315 e. The summed E-state index contributed by atoms with van der Waals surface area (Å²) in [5, 5.41) is 14.4. The van der Waals surface area contributed by atoms with Crippen LogP contribution in [0, 0.1) is 0 Å². The molecule has 1 unspecified atom stereocenters. The van der Waals surface area contributed by atoms with E-state index in [-0.39, 0.29) is 6.04 Å². The zero-order valence-electron chi connectivity index (χ0n) is 11.3. The summed E-state index contributed by atoms with van der Waals surface area (Å²) >= 11 is 1.95. The van der Waals surface area contributed by atoms with Crippen LogP contribution in [0.1, 0.15) is 44.5 Å². The molecule has 0 saturated heterocycles. The van der Waals surface area contributed by atoms with E-state index in [1.165, 1.54) is 25.7 Å². The Balaban J connectivity index is 1.91. The highest BCUT2D eigenvalue weighted by molar-refractivity contribution is 8.00. The summed E-state index contributed by atoms with van der Waals surface area (Å²) in [6.07, 6.45) is 7.39. The highest BCUT2D eigenvalue weighted by atomic mass is 32.2. The SMILES string of the molecule is CNC(C)c1nnc(NCC2(SC)CCCC2)o1. The van der Waals surface area contributed by atoms with Crippen LogP contribution in [0.4, 0.5) is 6.01 Å². The number of nitrogens with zero attached hydrogens (tertiary/aromatic N) is 2. The van der Waals surface area contributed by atoms with Crippen LogP contribution >= 0.6 is 11.8 Å². The van der Waals surface area contributed by atoms with Gasteiger partial charge in [-0.15, -0.1) is 5.10 Å². The molecule has 18 heavy (non-hydrogen) atoms. The molecule has 2 rings (SSSR count). The first kappa shape index (κ1) is 13.7. The van der Waals surface area contributed by atoms with E-state index in [0.29, 0.717) is 16.7 Å². The fourth-order valence-corrected chi connectivity index (χ4v) is 3.23. The summed E-state index contributed by atoms with van der Waals surface area (Å²) < 4.78 is 5.93. The van der Waals surface area contributed by atoms with Gasteiger partial charge in [0.05, 0.1) is 6.04 Å². The maximum atomic E-state index is 5.58. The van der Waals surface area contributed by atoms with E-state index in [1.54, 1.807) is 0 Å². The first-order valence-corrected chi connectivity index (χ1v) is 7.71. The van der Waals surface area contributed by atoms with Crippen molar-refractivity contribution in [1.82, 2.24) is 15.5 Å². The van der Waals surface area contributed by atoms with Gasteiger partial charge in [-0.2, -0.15) is 11.8 Å². The van der Waals surface area contributed by atoms with Gasteiger partial charge in [-0.3, -0.25) is 0 Å². The number of aromatic nitrogens is 2. The molecule has 2 N–H and O–H groups in total. The lowest BCUT2D eigenvalue weighted by Crippen LogP contribution is -2.30. The van der Waals surface area contributed by atoms with Crippen LogP contribution in [0.25, 0.3) is 0 Å². The molecule has 1 saturated carbocycles. The normalized spacial score (nSPS) is 19.9.